The van der Waals surface area contributed by atoms with Gasteiger partial charge in [0.15, 0.2) is 0 Å². The molecule has 2 aromatic rings. The number of rotatable bonds is 7. The second-order valence-electron chi connectivity index (χ2n) is 6.84. The molecule has 0 amide bonds. The molecule has 0 radical (unpaired) electrons. The molecule has 2 aromatic carbocycles. The van der Waals surface area contributed by atoms with Crippen LogP contribution in [0, 0.1) is 0 Å². The van der Waals surface area contributed by atoms with Crippen molar-refractivity contribution in [2.75, 3.05) is 39.8 Å². The Balaban J connectivity index is 0.00000101. The molecule has 162 valence electrons. The molecule has 0 aliphatic carbocycles. The van der Waals surface area contributed by atoms with E-state index in [-0.39, 0.29) is 12.9 Å². The predicted octanol–water partition coefficient (Wildman–Crippen LogP) is 1.77. The SMILES string of the molecule is COc1ccc2cc(C(C(=O)O)N3CCN(CCC(=O)O)CC3)ccc2c1.O=CO. The van der Waals surface area contributed by atoms with E-state index in [9.17, 15) is 14.7 Å². The summed E-state index contributed by atoms with van der Waals surface area (Å²) in [7, 11) is 1.62. The van der Waals surface area contributed by atoms with Gasteiger partial charge in [-0.2, -0.15) is 0 Å². The van der Waals surface area contributed by atoms with Gasteiger partial charge in [0.1, 0.15) is 11.8 Å². The Morgan fingerprint density at radius 1 is 1.07 bits per heavy atom. The average Bonchev–Trinajstić information content (AvgIpc) is 2.73. The molecule has 1 heterocycles. The van der Waals surface area contributed by atoms with Crippen LogP contribution >= 0.6 is 0 Å². The summed E-state index contributed by atoms with van der Waals surface area (Å²) in [5, 5.41) is 27.5. The van der Waals surface area contributed by atoms with Crippen molar-refractivity contribution in [3.63, 3.8) is 0 Å². The van der Waals surface area contributed by atoms with Crippen molar-refractivity contribution < 1.29 is 34.4 Å². The molecule has 3 rings (SSSR count). The van der Waals surface area contributed by atoms with E-state index in [0.717, 1.165) is 22.1 Å². The average molecular weight is 418 g/mol. The Hall–Kier alpha value is -3.17. The molecule has 9 nitrogen and oxygen atoms in total. The van der Waals surface area contributed by atoms with Crippen LogP contribution < -0.4 is 4.74 Å². The van der Waals surface area contributed by atoms with Gasteiger partial charge in [-0.05, 0) is 34.5 Å². The first-order chi connectivity index (χ1) is 14.4. The highest BCUT2D eigenvalue weighted by Gasteiger charge is 2.30. The van der Waals surface area contributed by atoms with Crippen LogP contribution in [0.15, 0.2) is 36.4 Å². The smallest absolute Gasteiger partial charge is 0.325 e. The normalized spacial score (nSPS) is 15.6. The maximum Gasteiger partial charge on any atom is 0.325 e. The highest BCUT2D eigenvalue weighted by molar-refractivity contribution is 5.86. The fourth-order valence-corrected chi connectivity index (χ4v) is 3.55. The van der Waals surface area contributed by atoms with Gasteiger partial charge in [-0.1, -0.05) is 18.2 Å². The molecule has 0 bridgehead atoms. The summed E-state index contributed by atoms with van der Waals surface area (Å²) in [6, 6.07) is 10.7. The second kappa shape index (κ2) is 11.1. The first-order valence-corrected chi connectivity index (χ1v) is 9.46. The van der Waals surface area contributed by atoms with Crippen LogP contribution in [-0.2, 0) is 14.4 Å². The van der Waals surface area contributed by atoms with Crippen molar-refractivity contribution in [2.24, 2.45) is 0 Å². The van der Waals surface area contributed by atoms with Crippen molar-refractivity contribution in [1.29, 1.82) is 0 Å². The quantitative estimate of drug-likeness (QED) is 0.576. The van der Waals surface area contributed by atoms with Gasteiger partial charge in [0.25, 0.3) is 6.47 Å². The summed E-state index contributed by atoms with van der Waals surface area (Å²) >= 11 is 0. The van der Waals surface area contributed by atoms with E-state index in [4.69, 9.17) is 19.7 Å². The number of nitrogens with zero attached hydrogens (tertiary/aromatic N) is 2. The molecule has 0 spiro atoms. The number of aliphatic carboxylic acids is 2. The number of carboxylic acids is 2. The zero-order valence-electron chi connectivity index (χ0n) is 16.7. The maximum absolute atomic E-state index is 12.0. The van der Waals surface area contributed by atoms with Gasteiger partial charge >= 0.3 is 11.9 Å². The van der Waals surface area contributed by atoms with Gasteiger partial charge in [0.05, 0.1) is 13.5 Å². The molecule has 1 fully saturated rings. The van der Waals surface area contributed by atoms with Crippen molar-refractivity contribution >= 4 is 29.2 Å². The van der Waals surface area contributed by atoms with Crippen molar-refractivity contribution in [1.82, 2.24) is 9.80 Å². The second-order valence-corrected chi connectivity index (χ2v) is 6.84. The highest BCUT2D eigenvalue weighted by atomic mass is 16.5. The number of carboxylic acid groups (broad SMARTS) is 3. The van der Waals surface area contributed by atoms with Crippen molar-refractivity contribution in [3.05, 3.63) is 42.0 Å². The summed E-state index contributed by atoms with van der Waals surface area (Å²) in [4.78, 5) is 35.1. The van der Waals surface area contributed by atoms with E-state index < -0.39 is 18.0 Å². The lowest BCUT2D eigenvalue weighted by molar-refractivity contribution is -0.144. The first-order valence-electron chi connectivity index (χ1n) is 9.46. The minimum absolute atomic E-state index is 0.108. The largest absolute Gasteiger partial charge is 0.497 e. The lowest BCUT2D eigenvalue weighted by Crippen LogP contribution is -2.49. The van der Waals surface area contributed by atoms with Crippen LogP contribution in [0.5, 0.6) is 5.75 Å². The number of methoxy groups -OCH3 is 1. The highest BCUT2D eigenvalue weighted by Crippen LogP contribution is 2.28. The van der Waals surface area contributed by atoms with Gasteiger partial charge in [-0.25, -0.2) is 0 Å². The number of benzene rings is 2. The standard InChI is InChI=1S/C20H24N2O5.CH2O2/c1-27-17-5-4-14-12-16(3-2-15(14)13-17)19(20(25)26)22-10-8-21(9-11-22)7-6-18(23)24;2-1-3/h2-5,12-13,19H,6-11H2,1H3,(H,23,24)(H,25,26);1H,(H,2,3). The van der Waals surface area contributed by atoms with E-state index in [0.29, 0.717) is 32.7 Å². The van der Waals surface area contributed by atoms with E-state index in [1.807, 2.05) is 41.3 Å². The summed E-state index contributed by atoms with van der Waals surface area (Å²) in [6.45, 7) is 2.77. The molecule has 1 aliphatic rings. The Morgan fingerprint density at radius 3 is 2.23 bits per heavy atom. The molecule has 9 heteroatoms. The molecular formula is C21H26N2O7. The van der Waals surface area contributed by atoms with E-state index in [1.54, 1.807) is 7.11 Å². The van der Waals surface area contributed by atoms with Gasteiger partial charge in [-0.3, -0.25) is 19.3 Å². The monoisotopic (exact) mass is 418 g/mol. The maximum atomic E-state index is 12.0. The minimum Gasteiger partial charge on any atom is -0.497 e. The fourth-order valence-electron chi connectivity index (χ4n) is 3.55. The predicted molar refractivity (Wildman–Crippen MR) is 110 cm³/mol. The van der Waals surface area contributed by atoms with E-state index >= 15 is 0 Å². The number of piperazine rings is 1. The lowest BCUT2D eigenvalue weighted by Gasteiger charge is -2.37. The van der Waals surface area contributed by atoms with Crippen LogP contribution in [0.2, 0.25) is 0 Å². The minimum atomic E-state index is -0.873. The summed E-state index contributed by atoms with van der Waals surface area (Å²) < 4.78 is 5.23. The van der Waals surface area contributed by atoms with Crippen molar-refractivity contribution in [3.8, 4) is 5.75 Å². The summed E-state index contributed by atoms with van der Waals surface area (Å²) in [6.07, 6.45) is 0.108. The molecule has 1 atom stereocenters. The zero-order chi connectivity index (χ0) is 22.1. The Bertz CT molecular complexity index is 879. The molecular weight excluding hydrogens is 392 g/mol. The molecule has 1 saturated heterocycles. The van der Waals surface area contributed by atoms with Crippen LogP contribution in [0.25, 0.3) is 10.8 Å². The third kappa shape index (κ3) is 6.16. The van der Waals surface area contributed by atoms with Gasteiger partial charge in [0, 0.05) is 32.7 Å². The number of hydrogen-bond donors (Lipinski definition) is 3. The van der Waals surface area contributed by atoms with Crippen molar-refractivity contribution in [2.45, 2.75) is 12.5 Å². The number of fused-ring (bicyclic) bond motifs is 1. The van der Waals surface area contributed by atoms with Gasteiger partial charge in [-0.15, -0.1) is 0 Å². The number of carbonyl (C=O) groups is 3. The number of hydrogen-bond acceptors (Lipinski definition) is 6. The molecule has 30 heavy (non-hydrogen) atoms. The summed E-state index contributed by atoms with van der Waals surface area (Å²) in [5.74, 6) is -0.919. The van der Waals surface area contributed by atoms with E-state index in [1.165, 1.54) is 0 Å². The molecule has 0 aromatic heterocycles. The summed E-state index contributed by atoms with van der Waals surface area (Å²) in [5.41, 5.74) is 0.749. The topological polar surface area (TPSA) is 128 Å². The molecule has 0 saturated carbocycles. The van der Waals surface area contributed by atoms with Crippen LogP contribution in [0.1, 0.15) is 18.0 Å². The van der Waals surface area contributed by atoms with Crippen LogP contribution in [-0.4, -0.2) is 83.4 Å². The number of ether oxygens (including phenoxy) is 1. The molecule has 1 aliphatic heterocycles. The zero-order valence-corrected chi connectivity index (χ0v) is 16.7. The Labute approximate surface area is 174 Å². The third-order valence-corrected chi connectivity index (χ3v) is 5.04. The van der Waals surface area contributed by atoms with Gasteiger partial charge in [0.2, 0.25) is 0 Å². The first kappa shape index (κ1) is 23.1. The lowest BCUT2D eigenvalue weighted by atomic mass is 10.00. The third-order valence-electron chi connectivity index (χ3n) is 5.04. The Kier molecular flexibility index (Phi) is 8.57. The van der Waals surface area contributed by atoms with Crippen LogP contribution in [0.4, 0.5) is 0 Å². The fraction of sp³-hybridized carbons (Fsp3) is 0.381. The molecule has 1 unspecified atom stereocenters. The van der Waals surface area contributed by atoms with E-state index in [2.05, 4.69) is 4.90 Å². The Morgan fingerprint density at radius 2 is 1.67 bits per heavy atom. The molecule has 3 N–H and O–H groups in total. The van der Waals surface area contributed by atoms with Gasteiger partial charge < -0.3 is 25.0 Å². The van der Waals surface area contributed by atoms with Crippen LogP contribution in [0.3, 0.4) is 0 Å².